The van der Waals surface area contributed by atoms with Crippen LogP contribution in [0.5, 0.6) is 0 Å². The highest BCUT2D eigenvalue weighted by Gasteiger charge is 2.19. The lowest BCUT2D eigenvalue weighted by atomic mass is 10.0. The lowest BCUT2D eigenvalue weighted by Gasteiger charge is -2.11. The van der Waals surface area contributed by atoms with Gasteiger partial charge in [0.15, 0.2) is 0 Å². The summed E-state index contributed by atoms with van der Waals surface area (Å²) in [6, 6.07) is 4.69. The Hall–Kier alpha value is -0.250. The van der Waals surface area contributed by atoms with Crippen LogP contribution in [0.3, 0.4) is 0 Å². The lowest BCUT2D eigenvalue weighted by Crippen LogP contribution is -2.00. The topological polar surface area (TPSA) is 34.1 Å². The standard InChI is InChI=1S/C9H10Cl2O2S/c1-6(2)9-7(10)4-3-5-8(9)14(11,12)13/h3-6H,1-2H3. The van der Waals surface area contributed by atoms with Crippen molar-refractivity contribution in [1.29, 1.82) is 0 Å². The Labute approximate surface area is 93.3 Å². The Bertz CT molecular complexity index is 438. The van der Waals surface area contributed by atoms with Gasteiger partial charge in [0, 0.05) is 15.7 Å². The maximum atomic E-state index is 11.2. The summed E-state index contributed by atoms with van der Waals surface area (Å²) in [7, 11) is 1.58. The molecule has 0 amide bonds. The third kappa shape index (κ3) is 2.41. The van der Waals surface area contributed by atoms with Gasteiger partial charge in [-0.3, -0.25) is 0 Å². The van der Waals surface area contributed by atoms with Crippen LogP contribution in [0, 0.1) is 0 Å². The third-order valence-electron chi connectivity index (χ3n) is 1.85. The molecule has 0 heterocycles. The molecule has 5 heteroatoms. The van der Waals surface area contributed by atoms with Crippen molar-refractivity contribution in [2.45, 2.75) is 24.7 Å². The maximum Gasteiger partial charge on any atom is 0.261 e. The Kier molecular flexibility index (Phi) is 3.45. The zero-order valence-electron chi connectivity index (χ0n) is 7.79. The Morgan fingerprint density at radius 3 is 2.21 bits per heavy atom. The minimum atomic E-state index is -3.71. The number of hydrogen-bond donors (Lipinski definition) is 0. The predicted molar refractivity (Wildman–Crippen MR) is 58.6 cm³/mol. The molecule has 0 saturated heterocycles. The quantitative estimate of drug-likeness (QED) is 0.757. The van der Waals surface area contributed by atoms with Gasteiger partial charge in [0.1, 0.15) is 0 Å². The fourth-order valence-corrected chi connectivity index (χ4v) is 2.99. The van der Waals surface area contributed by atoms with Crippen molar-refractivity contribution < 1.29 is 8.42 Å². The zero-order chi connectivity index (χ0) is 10.9. The molecule has 0 spiro atoms. The fraction of sp³-hybridized carbons (Fsp3) is 0.333. The van der Waals surface area contributed by atoms with Gasteiger partial charge in [0.25, 0.3) is 9.05 Å². The second-order valence-electron chi connectivity index (χ2n) is 3.24. The Balaban J connectivity index is 3.52. The SMILES string of the molecule is CC(C)c1c(Cl)cccc1S(=O)(=O)Cl. The van der Waals surface area contributed by atoms with E-state index < -0.39 is 9.05 Å². The molecule has 78 valence electrons. The first kappa shape index (κ1) is 11.8. The van der Waals surface area contributed by atoms with E-state index in [2.05, 4.69) is 0 Å². The molecule has 0 atom stereocenters. The van der Waals surface area contributed by atoms with Gasteiger partial charge in [-0.25, -0.2) is 8.42 Å². The molecule has 2 nitrogen and oxygen atoms in total. The van der Waals surface area contributed by atoms with E-state index in [1.54, 1.807) is 12.1 Å². The second kappa shape index (κ2) is 4.09. The van der Waals surface area contributed by atoms with Crippen LogP contribution in [0.25, 0.3) is 0 Å². The van der Waals surface area contributed by atoms with E-state index in [-0.39, 0.29) is 10.8 Å². The van der Waals surface area contributed by atoms with Crippen molar-refractivity contribution in [2.24, 2.45) is 0 Å². The molecule has 0 fully saturated rings. The fourth-order valence-electron chi connectivity index (χ4n) is 1.29. The monoisotopic (exact) mass is 252 g/mol. The molecule has 0 aromatic heterocycles. The summed E-state index contributed by atoms with van der Waals surface area (Å²) in [4.78, 5) is 0.0988. The van der Waals surface area contributed by atoms with Crippen molar-refractivity contribution in [2.75, 3.05) is 0 Å². The van der Waals surface area contributed by atoms with E-state index >= 15 is 0 Å². The maximum absolute atomic E-state index is 11.2. The van der Waals surface area contributed by atoms with Crippen LogP contribution >= 0.6 is 22.3 Å². The molecule has 1 aromatic carbocycles. The minimum Gasteiger partial charge on any atom is -0.207 e. The van der Waals surface area contributed by atoms with Gasteiger partial charge < -0.3 is 0 Å². The van der Waals surface area contributed by atoms with Crippen molar-refractivity contribution in [1.82, 2.24) is 0 Å². The molecular weight excluding hydrogens is 243 g/mol. The molecule has 14 heavy (non-hydrogen) atoms. The first-order valence-corrected chi connectivity index (χ1v) is 6.76. The smallest absolute Gasteiger partial charge is 0.207 e. The van der Waals surface area contributed by atoms with Crippen LogP contribution in [0.2, 0.25) is 5.02 Å². The summed E-state index contributed by atoms with van der Waals surface area (Å²) in [5, 5.41) is 0.432. The van der Waals surface area contributed by atoms with Crippen LogP contribution in [0.1, 0.15) is 25.3 Å². The normalized spacial score (nSPS) is 12.1. The van der Waals surface area contributed by atoms with Gasteiger partial charge in [0.2, 0.25) is 0 Å². The number of hydrogen-bond acceptors (Lipinski definition) is 2. The van der Waals surface area contributed by atoms with Gasteiger partial charge in [-0.1, -0.05) is 31.5 Å². The van der Waals surface area contributed by atoms with Crippen LogP contribution in [0.15, 0.2) is 23.1 Å². The summed E-state index contributed by atoms with van der Waals surface area (Å²) in [5.41, 5.74) is 0.573. The average Bonchev–Trinajstić information content (AvgIpc) is 2.01. The van der Waals surface area contributed by atoms with Gasteiger partial charge in [-0.05, 0) is 23.6 Å². The molecule has 0 saturated carbocycles. The van der Waals surface area contributed by atoms with Gasteiger partial charge >= 0.3 is 0 Å². The number of halogens is 2. The van der Waals surface area contributed by atoms with Gasteiger partial charge in [-0.15, -0.1) is 0 Å². The van der Waals surface area contributed by atoms with Crippen LogP contribution < -0.4 is 0 Å². The van der Waals surface area contributed by atoms with E-state index in [1.807, 2.05) is 13.8 Å². The zero-order valence-corrected chi connectivity index (χ0v) is 10.1. The molecule has 0 unspecified atom stereocenters. The molecule has 0 aliphatic rings. The summed E-state index contributed by atoms with van der Waals surface area (Å²) < 4.78 is 22.4. The molecular formula is C9H10Cl2O2S. The summed E-state index contributed by atoms with van der Waals surface area (Å²) in [6.07, 6.45) is 0. The van der Waals surface area contributed by atoms with Crippen molar-refractivity contribution >= 4 is 31.3 Å². The first-order valence-electron chi connectivity index (χ1n) is 4.07. The van der Waals surface area contributed by atoms with Gasteiger partial charge in [-0.2, -0.15) is 0 Å². The van der Waals surface area contributed by atoms with E-state index in [4.69, 9.17) is 22.3 Å². The number of benzene rings is 1. The molecule has 0 aliphatic carbocycles. The predicted octanol–water partition coefficient (Wildman–Crippen LogP) is 3.39. The first-order chi connectivity index (χ1) is 6.34. The molecule has 0 aliphatic heterocycles. The lowest BCUT2D eigenvalue weighted by molar-refractivity contribution is 0.607. The summed E-state index contributed by atoms with van der Waals surface area (Å²) in [5.74, 6) is 0.0206. The number of rotatable bonds is 2. The van der Waals surface area contributed by atoms with Crippen LogP contribution in [-0.4, -0.2) is 8.42 Å². The highest BCUT2D eigenvalue weighted by Crippen LogP contribution is 2.32. The minimum absolute atomic E-state index is 0.0206. The highest BCUT2D eigenvalue weighted by molar-refractivity contribution is 8.13. The summed E-state index contributed by atoms with van der Waals surface area (Å²) >= 11 is 5.91. The Morgan fingerprint density at radius 1 is 1.29 bits per heavy atom. The average molecular weight is 253 g/mol. The van der Waals surface area contributed by atoms with Crippen molar-refractivity contribution in [3.63, 3.8) is 0 Å². The van der Waals surface area contributed by atoms with Crippen LogP contribution in [-0.2, 0) is 9.05 Å². The molecule has 0 bridgehead atoms. The Morgan fingerprint density at radius 2 is 1.86 bits per heavy atom. The van der Waals surface area contributed by atoms with E-state index in [0.717, 1.165) is 0 Å². The third-order valence-corrected chi connectivity index (χ3v) is 3.56. The molecule has 0 radical (unpaired) electrons. The molecule has 1 rings (SSSR count). The van der Waals surface area contributed by atoms with Gasteiger partial charge in [0.05, 0.1) is 4.90 Å². The highest BCUT2D eigenvalue weighted by atomic mass is 35.7. The van der Waals surface area contributed by atoms with Crippen molar-refractivity contribution in [3.8, 4) is 0 Å². The van der Waals surface area contributed by atoms with E-state index in [1.165, 1.54) is 6.07 Å². The summed E-state index contributed by atoms with van der Waals surface area (Å²) in [6.45, 7) is 3.74. The van der Waals surface area contributed by atoms with Crippen LogP contribution in [0.4, 0.5) is 0 Å². The van der Waals surface area contributed by atoms with E-state index in [9.17, 15) is 8.42 Å². The second-order valence-corrected chi connectivity index (χ2v) is 6.19. The molecule has 1 aromatic rings. The van der Waals surface area contributed by atoms with Crippen molar-refractivity contribution in [3.05, 3.63) is 28.8 Å². The largest absolute Gasteiger partial charge is 0.261 e. The molecule has 0 N–H and O–H groups in total. The van der Waals surface area contributed by atoms with E-state index in [0.29, 0.717) is 10.6 Å².